The lowest BCUT2D eigenvalue weighted by molar-refractivity contribution is -0.116. The summed E-state index contributed by atoms with van der Waals surface area (Å²) in [5.74, 6) is 0.315. The molecule has 0 saturated heterocycles. The van der Waals surface area contributed by atoms with Crippen molar-refractivity contribution in [2.45, 2.75) is 6.54 Å². The van der Waals surface area contributed by atoms with E-state index in [1.165, 1.54) is 6.08 Å². The van der Waals surface area contributed by atoms with Gasteiger partial charge in [-0.25, -0.2) is 4.98 Å². The number of nitrogens with zero attached hydrogens (tertiary/aromatic N) is 2. The van der Waals surface area contributed by atoms with Gasteiger partial charge in [-0.1, -0.05) is 28.1 Å². The summed E-state index contributed by atoms with van der Waals surface area (Å²) in [6.45, 7) is 0.452. The summed E-state index contributed by atoms with van der Waals surface area (Å²) in [6.07, 6.45) is 8.40. The quantitative estimate of drug-likeness (QED) is 0.405. The first-order valence-electron chi connectivity index (χ1n) is 8.88. The van der Waals surface area contributed by atoms with E-state index in [1.807, 2.05) is 36.4 Å². The minimum Gasteiger partial charge on any atom is -0.383 e. The highest BCUT2D eigenvalue weighted by molar-refractivity contribution is 9.10. The van der Waals surface area contributed by atoms with Crippen LogP contribution in [-0.4, -0.2) is 15.9 Å². The average molecular weight is 465 g/mol. The van der Waals surface area contributed by atoms with Crippen LogP contribution in [0.5, 0.6) is 0 Å². The Labute approximate surface area is 180 Å². The van der Waals surface area contributed by atoms with E-state index in [1.54, 1.807) is 36.0 Å². The zero-order valence-corrected chi connectivity index (χ0v) is 17.7. The Kier molecular flexibility index (Phi) is 5.69. The summed E-state index contributed by atoms with van der Waals surface area (Å²) in [5, 5.41) is 5.86. The van der Waals surface area contributed by atoms with E-state index in [9.17, 15) is 4.79 Å². The van der Waals surface area contributed by atoms with Crippen molar-refractivity contribution in [3.63, 3.8) is 0 Å². The number of nitrogens with two attached hydrogens (primary N) is 1. The number of aromatic nitrogens is 2. The van der Waals surface area contributed by atoms with Gasteiger partial charge in [0, 0.05) is 56.9 Å². The lowest BCUT2D eigenvalue weighted by Gasteiger charge is -2.05. The predicted molar refractivity (Wildman–Crippen MR) is 122 cm³/mol. The number of pyridine rings is 2. The molecule has 29 heavy (non-hydrogen) atoms. The molecule has 4 aromatic rings. The molecule has 1 amide bonds. The molecular weight excluding hydrogens is 448 g/mol. The molecule has 7 heteroatoms. The zero-order valence-electron chi connectivity index (χ0n) is 15.3. The van der Waals surface area contributed by atoms with Gasteiger partial charge in [-0.05, 0) is 46.8 Å². The van der Waals surface area contributed by atoms with Crippen molar-refractivity contribution in [2.24, 2.45) is 0 Å². The molecule has 4 rings (SSSR count). The van der Waals surface area contributed by atoms with E-state index < -0.39 is 0 Å². The summed E-state index contributed by atoms with van der Waals surface area (Å²) >= 11 is 5.06. The number of halogens is 1. The highest BCUT2D eigenvalue weighted by Gasteiger charge is 2.13. The highest BCUT2D eigenvalue weighted by Crippen LogP contribution is 2.39. The van der Waals surface area contributed by atoms with Gasteiger partial charge in [0.25, 0.3) is 0 Å². The Morgan fingerprint density at radius 3 is 2.69 bits per heavy atom. The number of anilines is 1. The van der Waals surface area contributed by atoms with E-state index in [4.69, 9.17) is 5.73 Å². The number of fused-ring (bicyclic) bond motifs is 1. The molecule has 144 valence electrons. The standard InChI is InChI=1S/C22H17BrN4OS/c23-17-4-1-15(2-5-17)18-13-29-21-16(12-27-22(24)20(18)21)3-6-19(28)26-11-14-7-9-25-10-8-14/h1-10,12-13H,11H2,(H2,24,27)(H,26,28)/b6-3+. The normalized spacial score (nSPS) is 11.2. The largest absolute Gasteiger partial charge is 0.383 e. The second-order valence-electron chi connectivity index (χ2n) is 6.37. The first-order valence-corrected chi connectivity index (χ1v) is 10.6. The van der Waals surface area contributed by atoms with Crippen molar-refractivity contribution in [1.82, 2.24) is 15.3 Å². The van der Waals surface area contributed by atoms with Gasteiger partial charge < -0.3 is 11.1 Å². The van der Waals surface area contributed by atoms with Gasteiger partial charge in [0.2, 0.25) is 5.91 Å². The smallest absolute Gasteiger partial charge is 0.244 e. The number of amides is 1. The maximum atomic E-state index is 12.2. The number of hydrogen-bond acceptors (Lipinski definition) is 5. The molecule has 0 unspecified atom stereocenters. The minimum atomic E-state index is -0.170. The second-order valence-corrected chi connectivity index (χ2v) is 8.16. The van der Waals surface area contributed by atoms with Crippen LogP contribution in [0, 0.1) is 0 Å². The third-order valence-electron chi connectivity index (χ3n) is 4.44. The van der Waals surface area contributed by atoms with Crippen LogP contribution in [0.1, 0.15) is 11.1 Å². The Morgan fingerprint density at radius 2 is 1.93 bits per heavy atom. The Balaban J connectivity index is 1.58. The number of rotatable bonds is 5. The monoisotopic (exact) mass is 464 g/mol. The molecule has 3 N–H and O–H groups in total. The van der Waals surface area contributed by atoms with Gasteiger partial charge in [-0.3, -0.25) is 9.78 Å². The van der Waals surface area contributed by atoms with Crippen molar-refractivity contribution in [2.75, 3.05) is 5.73 Å². The number of benzene rings is 1. The molecule has 0 aliphatic heterocycles. The molecule has 0 spiro atoms. The molecular formula is C22H17BrN4OS. The number of carbonyl (C=O) groups excluding carboxylic acids is 1. The van der Waals surface area contributed by atoms with Crippen molar-refractivity contribution in [3.8, 4) is 11.1 Å². The fourth-order valence-electron chi connectivity index (χ4n) is 2.96. The van der Waals surface area contributed by atoms with Gasteiger partial charge in [-0.15, -0.1) is 11.3 Å². The van der Waals surface area contributed by atoms with Gasteiger partial charge in [-0.2, -0.15) is 0 Å². The van der Waals surface area contributed by atoms with E-state index in [2.05, 4.69) is 36.6 Å². The summed E-state index contributed by atoms with van der Waals surface area (Å²) in [4.78, 5) is 20.5. The highest BCUT2D eigenvalue weighted by atomic mass is 79.9. The van der Waals surface area contributed by atoms with Gasteiger partial charge in [0.1, 0.15) is 5.82 Å². The lowest BCUT2D eigenvalue weighted by Crippen LogP contribution is -2.20. The van der Waals surface area contributed by atoms with Crippen molar-refractivity contribution in [1.29, 1.82) is 0 Å². The van der Waals surface area contributed by atoms with E-state index in [-0.39, 0.29) is 5.91 Å². The summed E-state index contributed by atoms with van der Waals surface area (Å²) < 4.78 is 2.03. The predicted octanol–water partition coefficient (Wildman–Crippen LogP) is 5.03. The molecule has 0 saturated carbocycles. The Hall–Kier alpha value is -3.03. The van der Waals surface area contributed by atoms with Crippen molar-refractivity contribution in [3.05, 3.63) is 82.0 Å². The number of thiophene rings is 1. The molecule has 3 aromatic heterocycles. The number of nitrogens with one attached hydrogen (secondary N) is 1. The molecule has 0 radical (unpaired) electrons. The van der Waals surface area contributed by atoms with E-state index >= 15 is 0 Å². The van der Waals surface area contributed by atoms with Gasteiger partial charge in [0.05, 0.1) is 0 Å². The first kappa shape index (κ1) is 19.3. The van der Waals surface area contributed by atoms with Crippen LogP contribution in [0.2, 0.25) is 0 Å². The topological polar surface area (TPSA) is 80.9 Å². The van der Waals surface area contributed by atoms with Crippen LogP contribution in [0.25, 0.3) is 27.3 Å². The van der Waals surface area contributed by atoms with Crippen LogP contribution in [0.15, 0.2) is 70.9 Å². The molecule has 0 bridgehead atoms. The van der Waals surface area contributed by atoms with E-state index in [0.717, 1.165) is 36.8 Å². The van der Waals surface area contributed by atoms with Crippen molar-refractivity contribution < 1.29 is 4.79 Å². The number of nitrogen functional groups attached to an aromatic ring is 1. The second kappa shape index (κ2) is 8.55. The van der Waals surface area contributed by atoms with Gasteiger partial charge >= 0.3 is 0 Å². The summed E-state index contributed by atoms with van der Waals surface area (Å²) in [6, 6.07) is 11.8. The molecule has 0 atom stereocenters. The Morgan fingerprint density at radius 1 is 1.17 bits per heavy atom. The maximum absolute atomic E-state index is 12.2. The number of hydrogen-bond donors (Lipinski definition) is 2. The molecule has 3 heterocycles. The maximum Gasteiger partial charge on any atom is 0.244 e. The summed E-state index contributed by atoms with van der Waals surface area (Å²) in [7, 11) is 0. The van der Waals surface area contributed by atoms with Crippen LogP contribution in [0.4, 0.5) is 5.82 Å². The van der Waals surface area contributed by atoms with Crippen molar-refractivity contribution >= 4 is 55.2 Å². The third-order valence-corrected chi connectivity index (χ3v) is 6.00. The summed E-state index contributed by atoms with van der Waals surface area (Å²) in [5.41, 5.74) is 10.2. The third kappa shape index (κ3) is 4.36. The van der Waals surface area contributed by atoms with E-state index in [0.29, 0.717) is 12.4 Å². The molecule has 5 nitrogen and oxygen atoms in total. The van der Waals surface area contributed by atoms with Crippen LogP contribution in [0.3, 0.4) is 0 Å². The van der Waals surface area contributed by atoms with Crippen LogP contribution >= 0.6 is 27.3 Å². The molecule has 0 aliphatic rings. The fraction of sp³-hybridized carbons (Fsp3) is 0.0455. The zero-order chi connectivity index (χ0) is 20.2. The van der Waals surface area contributed by atoms with Crippen LogP contribution < -0.4 is 11.1 Å². The first-order chi connectivity index (χ1) is 14.1. The minimum absolute atomic E-state index is 0.170. The SMILES string of the molecule is Nc1ncc(/C=C/C(=O)NCc2ccncc2)c2scc(-c3ccc(Br)cc3)c12. The average Bonchev–Trinajstić information content (AvgIpc) is 3.19. The molecule has 1 aromatic carbocycles. The molecule has 0 aliphatic carbocycles. The lowest BCUT2D eigenvalue weighted by atomic mass is 10.0. The molecule has 0 fully saturated rings. The van der Waals surface area contributed by atoms with Gasteiger partial charge in [0.15, 0.2) is 0 Å². The van der Waals surface area contributed by atoms with Crippen LogP contribution in [-0.2, 0) is 11.3 Å². The Bertz CT molecular complexity index is 1190. The fourth-order valence-corrected chi connectivity index (χ4v) is 4.30. The number of carbonyl (C=O) groups is 1.